The van der Waals surface area contributed by atoms with Crippen molar-refractivity contribution < 1.29 is 14.3 Å². The van der Waals surface area contributed by atoms with Crippen LogP contribution < -0.4 is 15.4 Å². The molecule has 0 heterocycles. The van der Waals surface area contributed by atoms with Crippen molar-refractivity contribution in [1.29, 1.82) is 5.26 Å². The molecule has 0 bridgehead atoms. The lowest BCUT2D eigenvalue weighted by atomic mass is 9.86. The number of rotatable bonds is 7. The summed E-state index contributed by atoms with van der Waals surface area (Å²) in [5.74, 6) is 0.673. The van der Waals surface area contributed by atoms with E-state index < -0.39 is 0 Å². The van der Waals surface area contributed by atoms with Gasteiger partial charge in [0.15, 0.2) is 6.61 Å². The van der Waals surface area contributed by atoms with Crippen molar-refractivity contribution >= 4 is 11.8 Å². The molecule has 0 saturated heterocycles. The average molecular weight is 351 g/mol. The fraction of sp³-hybridized carbons (Fsp3) is 0.300. The highest BCUT2D eigenvalue weighted by Gasteiger charge is 2.30. The highest BCUT2D eigenvalue weighted by Crippen LogP contribution is 2.25. The van der Waals surface area contributed by atoms with Crippen LogP contribution in [0.3, 0.4) is 0 Å². The molecule has 0 aliphatic heterocycles. The first kappa shape index (κ1) is 17.6. The zero-order valence-corrected chi connectivity index (χ0v) is 14.4. The van der Waals surface area contributed by atoms with Gasteiger partial charge in [-0.05, 0) is 42.7 Å². The number of nitrogens with one attached hydrogen (secondary N) is 2. The molecule has 0 radical (unpaired) electrons. The summed E-state index contributed by atoms with van der Waals surface area (Å²) in [6.07, 6.45) is 1.33. The van der Waals surface area contributed by atoms with Crippen molar-refractivity contribution in [3.8, 4) is 11.8 Å². The SMILES string of the molecule is N#CCOc1ccc(NC2CC(NC(=O)OCc3ccccc3)C2)cc1. The first-order chi connectivity index (χ1) is 12.7. The largest absolute Gasteiger partial charge is 0.479 e. The van der Waals surface area contributed by atoms with Gasteiger partial charge in [0.2, 0.25) is 0 Å². The van der Waals surface area contributed by atoms with Gasteiger partial charge in [-0.1, -0.05) is 30.3 Å². The van der Waals surface area contributed by atoms with Crippen LogP contribution in [0.15, 0.2) is 54.6 Å². The minimum absolute atomic E-state index is 0.0448. The average Bonchev–Trinajstić information content (AvgIpc) is 2.65. The van der Waals surface area contributed by atoms with Crippen molar-refractivity contribution in [1.82, 2.24) is 5.32 Å². The van der Waals surface area contributed by atoms with Crippen molar-refractivity contribution in [2.75, 3.05) is 11.9 Å². The standard InChI is InChI=1S/C20H21N3O3/c21-10-11-25-19-8-6-16(7-9-19)22-17-12-18(13-17)23-20(24)26-14-15-4-2-1-3-5-15/h1-9,17-18,22H,11-14H2,(H,23,24). The van der Waals surface area contributed by atoms with Crippen LogP contribution >= 0.6 is 0 Å². The number of nitriles is 1. The third kappa shape index (κ3) is 5.15. The third-order valence-corrected chi connectivity index (χ3v) is 4.20. The lowest BCUT2D eigenvalue weighted by molar-refractivity contribution is 0.129. The number of amides is 1. The molecule has 2 N–H and O–H groups in total. The van der Waals surface area contributed by atoms with Crippen LogP contribution in [-0.4, -0.2) is 24.8 Å². The Kier molecular flexibility index (Phi) is 5.94. The fourth-order valence-corrected chi connectivity index (χ4v) is 2.78. The van der Waals surface area contributed by atoms with E-state index in [1.165, 1.54) is 0 Å². The van der Waals surface area contributed by atoms with Gasteiger partial charge in [-0.3, -0.25) is 0 Å². The van der Waals surface area contributed by atoms with Crippen LogP contribution in [0.25, 0.3) is 0 Å². The number of nitrogens with zero attached hydrogens (tertiary/aromatic N) is 1. The second kappa shape index (κ2) is 8.77. The molecule has 1 aliphatic rings. The lowest BCUT2D eigenvalue weighted by Crippen LogP contribution is -2.49. The molecule has 1 saturated carbocycles. The molecule has 1 fully saturated rings. The summed E-state index contributed by atoms with van der Waals surface area (Å²) in [4.78, 5) is 11.8. The topological polar surface area (TPSA) is 83.4 Å². The Hall–Kier alpha value is -3.20. The Morgan fingerprint density at radius 3 is 2.50 bits per heavy atom. The van der Waals surface area contributed by atoms with Gasteiger partial charge >= 0.3 is 6.09 Å². The molecule has 1 amide bonds. The number of hydrogen-bond donors (Lipinski definition) is 2. The molecule has 1 aliphatic carbocycles. The summed E-state index contributed by atoms with van der Waals surface area (Å²) < 4.78 is 10.4. The molecule has 6 nitrogen and oxygen atoms in total. The van der Waals surface area contributed by atoms with Gasteiger partial charge in [0.1, 0.15) is 18.4 Å². The Labute approximate surface area is 152 Å². The van der Waals surface area contributed by atoms with Gasteiger partial charge in [0.05, 0.1) is 0 Å². The van der Waals surface area contributed by atoms with Crippen LogP contribution in [0, 0.1) is 11.3 Å². The van der Waals surface area contributed by atoms with E-state index in [0.29, 0.717) is 11.8 Å². The van der Waals surface area contributed by atoms with Crippen molar-refractivity contribution in [3.63, 3.8) is 0 Å². The molecule has 0 spiro atoms. The smallest absolute Gasteiger partial charge is 0.407 e. The number of carbonyl (C=O) groups excluding carboxylic acids is 1. The molecule has 134 valence electrons. The summed E-state index contributed by atoms with van der Waals surface area (Å²) in [5, 5.41) is 14.8. The maximum atomic E-state index is 11.8. The highest BCUT2D eigenvalue weighted by atomic mass is 16.5. The number of carbonyl (C=O) groups is 1. The molecule has 26 heavy (non-hydrogen) atoms. The Bertz CT molecular complexity index is 750. The van der Waals surface area contributed by atoms with Gasteiger partial charge in [-0.15, -0.1) is 0 Å². The predicted octanol–water partition coefficient (Wildman–Crippen LogP) is 3.46. The normalized spacial score (nSPS) is 18.1. The van der Waals surface area contributed by atoms with Crippen molar-refractivity contribution in [2.24, 2.45) is 0 Å². The second-order valence-corrected chi connectivity index (χ2v) is 6.19. The number of benzene rings is 2. The van der Waals surface area contributed by atoms with Gasteiger partial charge in [0, 0.05) is 17.8 Å². The van der Waals surface area contributed by atoms with Gasteiger partial charge in [0.25, 0.3) is 0 Å². The summed E-state index contributed by atoms with van der Waals surface area (Å²) in [6, 6.07) is 19.5. The second-order valence-electron chi connectivity index (χ2n) is 6.19. The maximum Gasteiger partial charge on any atom is 0.407 e. The van der Waals surface area contributed by atoms with Crippen LogP contribution in [0.4, 0.5) is 10.5 Å². The summed E-state index contributed by atoms with van der Waals surface area (Å²) in [5.41, 5.74) is 1.96. The van der Waals surface area contributed by atoms with Gasteiger partial charge in [-0.25, -0.2) is 4.79 Å². The van der Waals surface area contributed by atoms with E-state index in [1.807, 2.05) is 60.7 Å². The van der Waals surface area contributed by atoms with Crippen LogP contribution in [0.5, 0.6) is 5.75 Å². The summed E-state index contributed by atoms with van der Waals surface area (Å²) in [7, 11) is 0. The van der Waals surface area contributed by atoms with Gasteiger partial charge in [-0.2, -0.15) is 5.26 Å². The Balaban J connectivity index is 1.34. The highest BCUT2D eigenvalue weighted by molar-refractivity contribution is 5.67. The van der Waals surface area contributed by atoms with Crippen molar-refractivity contribution in [3.05, 3.63) is 60.2 Å². The predicted molar refractivity (Wildman–Crippen MR) is 97.7 cm³/mol. The molecule has 2 aromatic carbocycles. The molecule has 0 aromatic heterocycles. The molecule has 6 heteroatoms. The first-order valence-corrected chi connectivity index (χ1v) is 8.56. The first-order valence-electron chi connectivity index (χ1n) is 8.56. The van der Waals surface area contributed by atoms with Crippen LogP contribution in [0.2, 0.25) is 0 Å². The number of alkyl carbamates (subject to hydrolysis) is 1. The van der Waals surface area contributed by atoms with E-state index in [-0.39, 0.29) is 25.3 Å². The van der Waals surface area contributed by atoms with E-state index in [1.54, 1.807) is 0 Å². The molecular formula is C20H21N3O3. The third-order valence-electron chi connectivity index (χ3n) is 4.20. The quantitative estimate of drug-likeness (QED) is 0.798. The van der Waals surface area contributed by atoms with E-state index in [4.69, 9.17) is 14.7 Å². The maximum absolute atomic E-state index is 11.8. The van der Waals surface area contributed by atoms with E-state index in [0.717, 1.165) is 24.1 Å². The van der Waals surface area contributed by atoms with Crippen LogP contribution in [0.1, 0.15) is 18.4 Å². The Morgan fingerprint density at radius 1 is 1.08 bits per heavy atom. The van der Waals surface area contributed by atoms with E-state index in [2.05, 4.69) is 10.6 Å². The number of anilines is 1. The molecule has 0 unspecified atom stereocenters. The zero-order valence-electron chi connectivity index (χ0n) is 14.4. The van der Waals surface area contributed by atoms with Crippen molar-refractivity contribution in [2.45, 2.75) is 31.5 Å². The summed E-state index contributed by atoms with van der Waals surface area (Å²) >= 11 is 0. The van der Waals surface area contributed by atoms with Gasteiger partial charge < -0.3 is 20.1 Å². The molecular weight excluding hydrogens is 330 g/mol. The van der Waals surface area contributed by atoms with E-state index in [9.17, 15) is 4.79 Å². The fourth-order valence-electron chi connectivity index (χ4n) is 2.78. The molecule has 2 aromatic rings. The number of hydrogen-bond acceptors (Lipinski definition) is 5. The van der Waals surface area contributed by atoms with E-state index >= 15 is 0 Å². The molecule has 0 atom stereocenters. The lowest BCUT2D eigenvalue weighted by Gasteiger charge is -2.36. The monoisotopic (exact) mass is 351 g/mol. The number of ether oxygens (including phenoxy) is 2. The van der Waals surface area contributed by atoms with Crippen LogP contribution in [-0.2, 0) is 11.3 Å². The summed E-state index contributed by atoms with van der Waals surface area (Å²) in [6.45, 7) is 0.324. The minimum Gasteiger partial charge on any atom is -0.479 e. The minimum atomic E-state index is -0.378. The Morgan fingerprint density at radius 2 is 1.81 bits per heavy atom. The zero-order chi connectivity index (χ0) is 18.2. The molecule has 3 rings (SSSR count).